The number of aryl methyl sites for hydroxylation is 1. The maximum absolute atomic E-state index is 12.4. The summed E-state index contributed by atoms with van der Waals surface area (Å²) in [6.07, 6.45) is 2.96. The molecule has 0 N–H and O–H groups in total. The highest BCUT2D eigenvalue weighted by Crippen LogP contribution is 2.36. The molecule has 0 radical (unpaired) electrons. The lowest BCUT2D eigenvalue weighted by atomic mass is 10.0. The molecule has 0 spiro atoms. The van der Waals surface area contributed by atoms with Gasteiger partial charge in [-0.05, 0) is 56.5 Å². The zero-order chi connectivity index (χ0) is 22.3. The number of rotatable bonds is 8. The van der Waals surface area contributed by atoms with Crippen LogP contribution in [-0.4, -0.2) is 37.3 Å². The summed E-state index contributed by atoms with van der Waals surface area (Å²) in [6.45, 7) is 4.04. The molecule has 7 heteroatoms. The van der Waals surface area contributed by atoms with Gasteiger partial charge in [-0.1, -0.05) is 40.9 Å². The molecule has 0 aromatic heterocycles. The predicted molar refractivity (Wildman–Crippen MR) is 123 cm³/mol. The van der Waals surface area contributed by atoms with Gasteiger partial charge in [0, 0.05) is 17.7 Å². The van der Waals surface area contributed by atoms with Crippen molar-refractivity contribution in [2.75, 3.05) is 31.9 Å². The molecule has 162 valence electrons. The third kappa shape index (κ3) is 6.34. The molecule has 0 aliphatic heterocycles. The molecule has 2 rings (SSSR count). The van der Waals surface area contributed by atoms with Crippen molar-refractivity contribution in [2.45, 2.75) is 31.6 Å². The summed E-state index contributed by atoms with van der Waals surface area (Å²) in [4.78, 5) is 14.1. The van der Waals surface area contributed by atoms with Gasteiger partial charge >= 0.3 is 6.09 Å². The number of halogens is 1. The Hall–Kier alpha value is -2.31. The number of methoxy groups -OCH3 is 2. The van der Waals surface area contributed by atoms with E-state index in [0.717, 1.165) is 21.6 Å². The van der Waals surface area contributed by atoms with Gasteiger partial charge in [-0.2, -0.15) is 0 Å². The minimum atomic E-state index is -1.02. The van der Waals surface area contributed by atoms with Crippen molar-refractivity contribution in [2.24, 2.45) is 0 Å². The summed E-state index contributed by atoms with van der Waals surface area (Å²) >= 11 is 6.38. The number of nitrogens with zero attached hydrogens (tertiary/aromatic N) is 1. The SMILES string of the molecule is COC(=O)N(C)c1cc(C/C(C)=C/CCS(=O)c2ccc(C)cc2)cc(OC)c1Cl. The van der Waals surface area contributed by atoms with E-state index in [2.05, 4.69) is 6.08 Å². The monoisotopic (exact) mass is 449 g/mol. The number of ether oxygens (including phenoxy) is 2. The van der Waals surface area contributed by atoms with Crippen molar-refractivity contribution in [3.8, 4) is 5.75 Å². The molecular formula is C23H28ClNO4S. The van der Waals surface area contributed by atoms with Gasteiger partial charge in [0.2, 0.25) is 0 Å². The van der Waals surface area contributed by atoms with Gasteiger partial charge in [0.15, 0.2) is 0 Å². The molecule has 0 bridgehead atoms. The van der Waals surface area contributed by atoms with E-state index in [0.29, 0.717) is 35.1 Å². The third-order valence-corrected chi connectivity index (χ3v) is 6.46. The Morgan fingerprint density at radius 1 is 1.20 bits per heavy atom. The zero-order valence-electron chi connectivity index (χ0n) is 18.0. The van der Waals surface area contributed by atoms with Crippen LogP contribution in [0.4, 0.5) is 10.5 Å². The molecule has 0 saturated carbocycles. The first-order valence-corrected chi connectivity index (χ1v) is 11.2. The number of allylic oxidation sites excluding steroid dienone is 2. The molecule has 2 aromatic carbocycles. The molecular weight excluding hydrogens is 422 g/mol. The molecule has 30 heavy (non-hydrogen) atoms. The van der Waals surface area contributed by atoms with Crippen LogP contribution in [-0.2, 0) is 22.0 Å². The maximum atomic E-state index is 12.4. The first kappa shape index (κ1) is 24.0. The summed E-state index contributed by atoms with van der Waals surface area (Å²) in [7, 11) is 3.44. The lowest BCUT2D eigenvalue weighted by Gasteiger charge is -2.20. The zero-order valence-corrected chi connectivity index (χ0v) is 19.6. The van der Waals surface area contributed by atoms with Gasteiger partial charge in [0.05, 0.1) is 30.7 Å². The Balaban J connectivity index is 2.09. The maximum Gasteiger partial charge on any atom is 0.413 e. The van der Waals surface area contributed by atoms with Gasteiger partial charge < -0.3 is 9.47 Å². The van der Waals surface area contributed by atoms with Crippen LogP contribution in [0.2, 0.25) is 5.02 Å². The lowest BCUT2D eigenvalue weighted by molar-refractivity contribution is 0.180. The Bertz CT molecular complexity index is 941. The van der Waals surface area contributed by atoms with Crippen molar-refractivity contribution >= 4 is 34.2 Å². The summed E-state index contributed by atoms with van der Waals surface area (Å²) in [5.41, 5.74) is 3.76. The van der Waals surface area contributed by atoms with Gasteiger partial charge in [0.1, 0.15) is 10.8 Å². The van der Waals surface area contributed by atoms with Crippen LogP contribution in [0.25, 0.3) is 0 Å². The molecule has 1 amide bonds. The second kappa shape index (κ2) is 11.2. The first-order valence-electron chi connectivity index (χ1n) is 9.55. The summed E-state index contributed by atoms with van der Waals surface area (Å²) in [5.74, 6) is 1.06. The van der Waals surface area contributed by atoms with Crippen LogP contribution in [0.3, 0.4) is 0 Å². The molecule has 1 unspecified atom stereocenters. The number of benzene rings is 2. The number of amides is 1. The van der Waals surface area contributed by atoms with E-state index in [1.165, 1.54) is 19.1 Å². The topological polar surface area (TPSA) is 55.8 Å². The van der Waals surface area contributed by atoms with Gasteiger partial charge in [0.25, 0.3) is 0 Å². The number of hydrogen-bond donors (Lipinski definition) is 0. The smallest absolute Gasteiger partial charge is 0.413 e. The van der Waals surface area contributed by atoms with Crippen LogP contribution in [0.15, 0.2) is 52.9 Å². The highest BCUT2D eigenvalue weighted by molar-refractivity contribution is 7.85. The fourth-order valence-electron chi connectivity index (χ4n) is 2.98. The van der Waals surface area contributed by atoms with E-state index in [1.54, 1.807) is 7.05 Å². The first-order chi connectivity index (χ1) is 14.3. The van der Waals surface area contributed by atoms with Crippen molar-refractivity contribution in [1.29, 1.82) is 0 Å². The van der Waals surface area contributed by atoms with E-state index in [1.807, 2.05) is 50.2 Å². The van der Waals surface area contributed by atoms with Crippen molar-refractivity contribution in [3.63, 3.8) is 0 Å². The minimum absolute atomic E-state index is 0.351. The Labute approximate surface area is 186 Å². The fraction of sp³-hybridized carbons (Fsp3) is 0.348. The largest absolute Gasteiger partial charge is 0.495 e. The summed E-state index contributed by atoms with van der Waals surface area (Å²) in [6, 6.07) is 11.5. The van der Waals surface area contributed by atoms with Gasteiger partial charge in [-0.3, -0.25) is 9.11 Å². The number of carbonyl (C=O) groups is 1. The van der Waals surface area contributed by atoms with Crippen molar-refractivity contribution in [1.82, 2.24) is 0 Å². The standard InChI is InChI=1S/C23H28ClNO4S/c1-16-8-10-19(11-9-16)30(27)12-6-7-17(2)13-18-14-20(25(3)23(26)29-5)22(24)21(15-18)28-4/h7-11,14-15H,6,12-13H2,1-5H3/b17-7+. The van der Waals surface area contributed by atoms with Gasteiger partial charge in [-0.15, -0.1) is 0 Å². The Morgan fingerprint density at radius 3 is 2.47 bits per heavy atom. The van der Waals surface area contributed by atoms with Crippen molar-refractivity contribution < 1.29 is 18.5 Å². The van der Waals surface area contributed by atoms with Crippen LogP contribution >= 0.6 is 11.6 Å². The Kier molecular flexibility index (Phi) is 8.93. The van der Waals surface area contributed by atoms with Crippen LogP contribution in [0.1, 0.15) is 24.5 Å². The molecule has 0 fully saturated rings. The number of anilines is 1. The predicted octanol–water partition coefficient (Wildman–Crippen LogP) is 5.55. The molecule has 0 saturated heterocycles. The Morgan fingerprint density at radius 2 is 1.87 bits per heavy atom. The highest BCUT2D eigenvalue weighted by atomic mass is 35.5. The normalized spacial score (nSPS) is 12.4. The average molecular weight is 450 g/mol. The molecule has 2 aromatic rings. The second-order valence-corrected chi connectivity index (χ2v) is 8.99. The van der Waals surface area contributed by atoms with E-state index in [4.69, 9.17) is 21.1 Å². The second-order valence-electron chi connectivity index (χ2n) is 7.04. The van der Waals surface area contributed by atoms with E-state index in [9.17, 15) is 9.00 Å². The average Bonchev–Trinajstić information content (AvgIpc) is 2.74. The highest BCUT2D eigenvalue weighted by Gasteiger charge is 2.18. The van der Waals surface area contributed by atoms with Crippen LogP contribution in [0.5, 0.6) is 5.75 Å². The van der Waals surface area contributed by atoms with Crippen LogP contribution < -0.4 is 9.64 Å². The molecule has 0 heterocycles. The van der Waals surface area contributed by atoms with E-state index >= 15 is 0 Å². The molecule has 5 nitrogen and oxygen atoms in total. The van der Waals surface area contributed by atoms with Gasteiger partial charge in [-0.25, -0.2) is 4.79 Å². The van der Waals surface area contributed by atoms with E-state index < -0.39 is 16.9 Å². The summed E-state index contributed by atoms with van der Waals surface area (Å²) < 4.78 is 22.6. The summed E-state index contributed by atoms with van der Waals surface area (Å²) in [5, 5.41) is 0.351. The lowest BCUT2D eigenvalue weighted by Crippen LogP contribution is -2.26. The quantitative estimate of drug-likeness (QED) is 0.496. The molecule has 1 atom stereocenters. The number of carbonyl (C=O) groups excluding carboxylic acids is 1. The third-order valence-electron chi connectivity index (χ3n) is 4.67. The number of hydrogen-bond acceptors (Lipinski definition) is 4. The molecule has 0 aliphatic rings. The van der Waals surface area contributed by atoms with E-state index in [-0.39, 0.29) is 0 Å². The fourth-order valence-corrected chi connectivity index (χ4v) is 4.30. The van der Waals surface area contributed by atoms with Crippen molar-refractivity contribution in [3.05, 3.63) is 64.2 Å². The van der Waals surface area contributed by atoms with Crippen LogP contribution in [0, 0.1) is 6.92 Å². The molecule has 0 aliphatic carbocycles. The minimum Gasteiger partial charge on any atom is -0.495 e.